The Hall–Kier alpha value is -1.64. The molecule has 0 atom stereocenters. The van der Waals surface area contributed by atoms with Crippen LogP contribution in [0.25, 0.3) is 11.4 Å². The zero-order chi connectivity index (χ0) is 11.1. The van der Waals surface area contributed by atoms with Crippen LogP contribution in [0.3, 0.4) is 0 Å². The SMILES string of the molecule is CC.CCc1ccc(-c2ncon2)cc1. The molecule has 0 unspecified atom stereocenters. The van der Waals surface area contributed by atoms with Crippen LogP contribution in [0.15, 0.2) is 35.2 Å². The fraction of sp³-hybridized carbons (Fsp3) is 0.333. The Morgan fingerprint density at radius 2 is 1.80 bits per heavy atom. The van der Waals surface area contributed by atoms with E-state index in [-0.39, 0.29) is 0 Å². The van der Waals surface area contributed by atoms with Gasteiger partial charge in [0, 0.05) is 5.56 Å². The molecule has 3 nitrogen and oxygen atoms in total. The predicted molar refractivity (Wildman–Crippen MR) is 60.5 cm³/mol. The van der Waals surface area contributed by atoms with Crippen LogP contribution in [0.1, 0.15) is 26.3 Å². The first-order valence-electron chi connectivity index (χ1n) is 5.26. The number of aryl methyl sites for hydroxylation is 1. The number of hydrogen-bond acceptors (Lipinski definition) is 3. The van der Waals surface area contributed by atoms with E-state index in [1.54, 1.807) is 0 Å². The molecule has 80 valence electrons. The first-order valence-corrected chi connectivity index (χ1v) is 5.26. The molecule has 2 aromatic rings. The van der Waals surface area contributed by atoms with Crippen LogP contribution in [-0.4, -0.2) is 10.1 Å². The molecule has 2 rings (SSSR count). The summed E-state index contributed by atoms with van der Waals surface area (Å²) >= 11 is 0. The summed E-state index contributed by atoms with van der Waals surface area (Å²) in [6.45, 7) is 6.13. The van der Waals surface area contributed by atoms with Gasteiger partial charge < -0.3 is 4.52 Å². The van der Waals surface area contributed by atoms with E-state index in [9.17, 15) is 0 Å². The minimum Gasteiger partial charge on any atom is -0.342 e. The van der Waals surface area contributed by atoms with Crippen molar-refractivity contribution in [2.75, 3.05) is 0 Å². The second-order valence-electron chi connectivity index (χ2n) is 2.81. The van der Waals surface area contributed by atoms with Gasteiger partial charge in [0.05, 0.1) is 0 Å². The molecule has 0 aliphatic rings. The molecule has 0 N–H and O–H groups in total. The molecule has 1 aromatic carbocycles. The average molecular weight is 204 g/mol. The summed E-state index contributed by atoms with van der Waals surface area (Å²) in [5, 5.41) is 3.76. The van der Waals surface area contributed by atoms with E-state index in [1.807, 2.05) is 26.0 Å². The maximum absolute atomic E-state index is 4.66. The van der Waals surface area contributed by atoms with Crippen LogP contribution in [0.5, 0.6) is 0 Å². The lowest BCUT2D eigenvalue weighted by molar-refractivity contribution is 0.419. The van der Waals surface area contributed by atoms with Gasteiger partial charge in [0.2, 0.25) is 12.2 Å². The van der Waals surface area contributed by atoms with Gasteiger partial charge in [-0.3, -0.25) is 0 Å². The van der Waals surface area contributed by atoms with Crippen molar-refractivity contribution in [1.82, 2.24) is 10.1 Å². The van der Waals surface area contributed by atoms with Gasteiger partial charge >= 0.3 is 0 Å². The highest BCUT2D eigenvalue weighted by Crippen LogP contribution is 2.14. The van der Waals surface area contributed by atoms with Crippen molar-refractivity contribution in [3.8, 4) is 11.4 Å². The van der Waals surface area contributed by atoms with E-state index >= 15 is 0 Å². The molecule has 0 spiro atoms. The molecule has 3 heteroatoms. The Morgan fingerprint density at radius 3 is 2.27 bits per heavy atom. The second-order valence-corrected chi connectivity index (χ2v) is 2.81. The van der Waals surface area contributed by atoms with Crippen LogP contribution < -0.4 is 0 Å². The summed E-state index contributed by atoms with van der Waals surface area (Å²) in [6, 6.07) is 8.16. The number of hydrogen-bond donors (Lipinski definition) is 0. The van der Waals surface area contributed by atoms with Crippen LogP contribution in [0.4, 0.5) is 0 Å². The lowest BCUT2D eigenvalue weighted by atomic mass is 10.1. The van der Waals surface area contributed by atoms with E-state index in [0.717, 1.165) is 12.0 Å². The molecule has 0 aliphatic carbocycles. The van der Waals surface area contributed by atoms with Gasteiger partial charge in [-0.25, -0.2) is 0 Å². The molecule has 0 amide bonds. The van der Waals surface area contributed by atoms with E-state index in [2.05, 4.69) is 33.7 Å². The highest BCUT2D eigenvalue weighted by Gasteiger charge is 2.01. The first-order chi connectivity index (χ1) is 7.40. The second kappa shape index (κ2) is 5.96. The predicted octanol–water partition coefficient (Wildman–Crippen LogP) is 3.33. The molecular weight excluding hydrogens is 188 g/mol. The summed E-state index contributed by atoms with van der Waals surface area (Å²) in [5.74, 6) is 0.641. The summed E-state index contributed by atoms with van der Waals surface area (Å²) < 4.78 is 4.66. The highest BCUT2D eigenvalue weighted by molar-refractivity contribution is 5.54. The fourth-order valence-electron chi connectivity index (χ4n) is 1.19. The van der Waals surface area contributed by atoms with Gasteiger partial charge in [0.15, 0.2) is 0 Å². The highest BCUT2D eigenvalue weighted by atomic mass is 16.5. The van der Waals surface area contributed by atoms with E-state index in [4.69, 9.17) is 0 Å². The molecule has 0 saturated carbocycles. The minimum atomic E-state index is 0.641. The van der Waals surface area contributed by atoms with Gasteiger partial charge in [0.25, 0.3) is 0 Å². The summed E-state index contributed by atoms with van der Waals surface area (Å²) in [5.41, 5.74) is 2.30. The van der Waals surface area contributed by atoms with Gasteiger partial charge in [-0.1, -0.05) is 50.2 Å². The van der Waals surface area contributed by atoms with Gasteiger partial charge in [-0.05, 0) is 12.0 Å². The molecular formula is C12H16N2O. The molecule has 0 aliphatic heterocycles. The third-order valence-electron chi connectivity index (χ3n) is 1.98. The van der Waals surface area contributed by atoms with Crippen molar-refractivity contribution >= 4 is 0 Å². The quantitative estimate of drug-likeness (QED) is 0.753. The smallest absolute Gasteiger partial charge is 0.214 e. The maximum atomic E-state index is 4.66. The van der Waals surface area contributed by atoms with Crippen LogP contribution in [-0.2, 0) is 6.42 Å². The monoisotopic (exact) mass is 204 g/mol. The fourth-order valence-corrected chi connectivity index (χ4v) is 1.19. The number of aromatic nitrogens is 2. The van der Waals surface area contributed by atoms with E-state index < -0.39 is 0 Å². The third kappa shape index (κ3) is 2.91. The van der Waals surface area contributed by atoms with Gasteiger partial charge in [0.1, 0.15) is 0 Å². The molecule has 15 heavy (non-hydrogen) atoms. The first kappa shape index (κ1) is 11.4. The van der Waals surface area contributed by atoms with Crippen LogP contribution in [0.2, 0.25) is 0 Å². The Kier molecular flexibility index (Phi) is 4.54. The lowest BCUT2D eigenvalue weighted by Gasteiger charge is -1.96. The standard InChI is InChI=1S/C10H10N2O.C2H6/c1-2-8-3-5-9(6-4-8)10-11-7-13-12-10;1-2/h3-7H,2H2,1H3;1-2H3. The lowest BCUT2D eigenvalue weighted by Crippen LogP contribution is -1.82. The zero-order valence-corrected chi connectivity index (χ0v) is 9.40. The van der Waals surface area contributed by atoms with Crippen molar-refractivity contribution in [2.45, 2.75) is 27.2 Å². The Labute approximate surface area is 90.1 Å². The molecule has 0 radical (unpaired) electrons. The topological polar surface area (TPSA) is 38.9 Å². The number of rotatable bonds is 2. The van der Waals surface area contributed by atoms with Gasteiger partial charge in [-0.15, -0.1) is 0 Å². The van der Waals surface area contributed by atoms with Gasteiger partial charge in [-0.2, -0.15) is 4.98 Å². The number of benzene rings is 1. The Bertz CT molecular complexity index is 365. The van der Waals surface area contributed by atoms with Crippen LogP contribution >= 0.6 is 0 Å². The van der Waals surface area contributed by atoms with E-state index in [0.29, 0.717) is 5.82 Å². The van der Waals surface area contributed by atoms with Crippen molar-refractivity contribution in [1.29, 1.82) is 0 Å². The minimum absolute atomic E-state index is 0.641. The summed E-state index contributed by atoms with van der Waals surface area (Å²) in [4.78, 5) is 3.96. The Balaban J connectivity index is 0.000000531. The molecule has 1 aromatic heterocycles. The molecule has 0 bridgehead atoms. The Morgan fingerprint density at radius 1 is 1.13 bits per heavy atom. The molecule has 1 heterocycles. The molecule has 0 saturated heterocycles. The van der Waals surface area contributed by atoms with Crippen molar-refractivity contribution in [2.24, 2.45) is 0 Å². The average Bonchev–Trinajstić information content (AvgIpc) is 2.85. The van der Waals surface area contributed by atoms with E-state index in [1.165, 1.54) is 12.0 Å². The molecule has 0 fully saturated rings. The van der Waals surface area contributed by atoms with Crippen molar-refractivity contribution in [3.63, 3.8) is 0 Å². The van der Waals surface area contributed by atoms with Crippen molar-refractivity contribution < 1.29 is 4.52 Å². The maximum Gasteiger partial charge on any atom is 0.214 e. The number of nitrogens with zero attached hydrogens (tertiary/aromatic N) is 2. The van der Waals surface area contributed by atoms with Crippen molar-refractivity contribution in [3.05, 3.63) is 36.2 Å². The summed E-state index contributed by atoms with van der Waals surface area (Å²) in [6.07, 6.45) is 2.38. The zero-order valence-electron chi connectivity index (χ0n) is 9.40. The van der Waals surface area contributed by atoms with Crippen LogP contribution in [0, 0.1) is 0 Å². The normalized spacial score (nSPS) is 9.27. The largest absolute Gasteiger partial charge is 0.342 e. The third-order valence-corrected chi connectivity index (χ3v) is 1.98. The summed E-state index contributed by atoms with van der Waals surface area (Å²) in [7, 11) is 0.